The SMILES string of the molecule is Cc1nn(C)c(C)c1C(N)c1cncnc1. The molecule has 0 amide bonds. The van der Waals surface area contributed by atoms with E-state index in [1.807, 2.05) is 25.6 Å². The smallest absolute Gasteiger partial charge is 0.115 e. The van der Waals surface area contributed by atoms with Crippen LogP contribution < -0.4 is 5.73 Å². The molecular formula is C11H15N5. The fourth-order valence-electron chi connectivity index (χ4n) is 1.88. The molecule has 0 aliphatic carbocycles. The molecule has 2 aromatic heterocycles. The lowest BCUT2D eigenvalue weighted by molar-refractivity contribution is 0.728. The lowest BCUT2D eigenvalue weighted by atomic mass is 10.0. The van der Waals surface area contributed by atoms with Gasteiger partial charge in [0, 0.05) is 36.3 Å². The molecule has 5 heteroatoms. The second kappa shape index (κ2) is 4.02. The van der Waals surface area contributed by atoms with Gasteiger partial charge >= 0.3 is 0 Å². The summed E-state index contributed by atoms with van der Waals surface area (Å²) in [6.45, 7) is 3.98. The van der Waals surface area contributed by atoms with Crippen LogP contribution in [0.5, 0.6) is 0 Å². The average Bonchev–Trinajstić information content (AvgIpc) is 2.54. The van der Waals surface area contributed by atoms with Gasteiger partial charge in [0.2, 0.25) is 0 Å². The zero-order chi connectivity index (χ0) is 11.7. The Morgan fingerprint density at radius 2 is 1.88 bits per heavy atom. The highest BCUT2D eigenvalue weighted by molar-refractivity contribution is 5.34. The first-order valence-electron chi connectivity index (χ1n) is 5.12. The predicted octanol–water partition coefficient (Wildman–Crippen LogP) is 0.875. The van der Waals surface area contributed by atoms with Gasteiger partial charge in [-0.15, -0.1) is 0 Å². The minimum atomic E-state index is -0.213. The van der Waals surface area contributed by atoms with Crippen molar-refractivity contribution < 1.29 is 0 Å². The number of hydrogen-bond donors (Lipinski definition) is 1. The first kappa shape index (κ1) is 10.8. The summed E-state index contributed by atoms with van der Waals surface area (Å²) in [5, 5.41) is 4.35. The standard InChI is InChI=1S/C11H15N5/c1-7-10(8(2)16(3)15-7)11(12)9-4-13-6-14-5-9/h4-6,11H,12H2,1-3H3. The van der Waals surface area contributed by atoms with Crippen LogP contribution in [0.2, 0.25) is 0 Å². The summed E-state index contributed by atoms with van der Waals surface area (Å²) in [4.78, 5) is 7.96. The molecule has 0 saturated heterocycles. The number of aryl methyl sites for hydroxylation is 2. The summed E-state index contributed by atoms with van der Waals surface area (Å²) in [6, 6.07) is -0.213. The maximum Gasteiger partial charge on any atom is 0.115 e. The Balaban J connectivity index is 2.45. The van der Waals surface area contributed by atoms with Gasteiger partial charge < -0.3 is 5.73 Å². The highest BCUT2D eigenvalue weighted by Gasteiger charge is 2.18. The Bertz CT molecular complexity index is 489. The van der Waals surface area contributed by atoms with Crippen LogP contribution in [0.4, 0.5) is 0 Å². The van der Waals surface area contributed by atoms with E-state index < -0.39 is 0 Å². The van der Waals surface area contributed by atoms with Gasteiger partial charge in [-0.25, -0.2) is 9.97 Å². The molecule has 0 bridgehead atoms. The molecule has 2 aromatic rings. The van der Waals surface area contributed by atoms with E-state index in [1.165, 1.54) is 6.33 Å². The van der Waals surface area contributed by atoms with Gasteiger partial charge in [-0.05, 0) is 13.8 Å². The third-order valence-corrected chi connectivity index (χ3v) is 2.82. The third-order valence-electron chi connectivity index (χ3n) is 2.82. The van der Waals surface area contributed by atoms with E-state index in [-0.39, 0.29) is 6.04 Å². The zero-order valence-electron chi connectivity index (χ0n) is 9.68. The van der Waals surface area contributed by atoms with Crippen LogP contribution in [0, 0.1) is 13.8 Å². The maximum absolute atomic E-state index is 6.20. The zero-order valence-corrected chi connectivity index (χ0v) is 9.68. The number of hydrogen-bond acceptors (Lipinski definition) is 4. The van der Waals surface area contributed by atoms with Crippen LogP contribution >= 0.6 is 0 Å². The summed E-state index contributed by atoms with van der Waals surface area (Å²) in [5.41, 5.74) is 10.2. The Labute approximate surface area is 94.3 Å². The van der Waals surface area contributed by atoms with Crippen LogP contribution in [0.15, 0.2) is 18.7 Å². The summed E-state index contributed by atoms with van der Waals surface area (Å²) >= 11 is 0. The number of nitrogens with two attached hydrogens (primary N) is 1. The number of aromatic nitrogens is 4. The molecule has 0 aliphatic heterocycles. The van der Waals surface area contributed by atoms with E-state index in [4.69, 9.17) is 5.73 Å². The Morgan fingerprint density at radius 3 is 2.38 bits per heavy atom. The van der Waals surface area contributed by atoms with Crippen molar-refractivity contribution in [3.63, 3.8) is 0 Å². The van der Waals surface area contributed by atoms with Crippen molar-refractivity contribution in [2.24, 2.45) is 12.8 Å². The van der Waals surface area contributed by atoms with Crippen molar-refractivity contribution in [2.45, 2.75) is 19.9 Å². The Hall–Kier alpha value is -1.75. The van der Waals surface area contributed by atoms with Crippen molar-refractivity contribution in [3.05, 3.63) is 41.2 Å². The fraction of sp³-hybridized carbons (Fsp3) is 0.364. The molecule has 0 aromatic carbocycles. The highest BCUT2D eigenvalue weighted by atomic mass is 15.3. The summed E-state index contributed by atoms with van der Waals surface area (Å²) in [5.74, 6) is 0. The summed E-state index contributed by atoms with van der Waals surface area (Å²) in [6.07, 6.45) is 4.98. The molecule has 0 radical (unpaired) electrons. The average molecular weight is 217 g/mol. The normalized spacial score (nSPS) is 12.8. The second-order valence-corrected chi connectivity index (χ2v) is 3.86. The molecule has 2 N–H and O–H groups in total. The molecular weight excluding hydrogens is 202 g/mol. The van der Waals surface area contributed by atoms with E-state index in [0.29, 0.717) is 0 Å². The molecule has 5 nitrogen and oxygen atoms in total. The molecule has 1 atom stereocenters. The molecule has 0 aliphatic rings. The van der Waals surface area contributed by atoms with Crippen LogP contribution in [-0.4, -0.2) is 19.7 Å². The largest absolute Gasteiger partial charge is 0.320 e. The molecule has 0 fully saturated rings. The lowest BCUT2D eigenvalue weighted by Crippen LogP contribution is -2.14. The van der Waals surface area contributed by atoms with Gasteiger partial charge in [-0.2, -0.15) is 5.10 Å². The van der Waals surface area contributed by atoms with E-state index >= 15 is 0 Å². The van der Waals surface area contributed by atoms with E-state index in [0.717, 1.165) is 22.5 Å². The van der Waals surface area contributed by atoms with Crippen LogP contribution in [0.3, 0.4) is 0 Å². The molecule has 2 rings (SSSR count). The summed E-state index contributed by atoms with van der Waals surface area (Å²) in [7, 11) is 1.92. The van der Waals surface area contributed by atoms with Gasteiger partial charge in [-0.3, -0.25) is 4.68 Å². The minimum Gasteiger partial charge on any atom is -0.320 e. The highest BCUT2D eigenvalue weighted by Crippen LogP contribution is 2.23. The van der Waals surface area contributed by atoms with Gasteiger partial charge in [0.25, 0.3) is 0 Å². The first-order chi connectivity index (χ1) is 7.61. The molecule has 2 heterocycles. The van der Waals surface area contributed by atoms with E-state index in [1.54, 1.807) is 12.4 Å². The lowest BCUT2D eigenvalue weighted by Gasteiger charge is -2.11. The van der Waals surface area contributed by atoms with Crippen molar-refractivity contribution in [1.29, 1.82) is 0 Å². The Morgan fingerprint density at radius 1 is 1.25 bits per heavy atom. The van der Waals surface area contributed by atoms with Crippen molar-refractivity contribution in [1.82, 2.24) is 19.7 Å². The van der Waals surface area contributed by atoms with Gasteiger partial charge in [-0.1, -0.05) is 0 Å². The molecule has 0 spiro atoms. The molecule has 84 valence electrons. The molecule has 1 unspecified atom stereocenters. The monoisotopic (exact) mass is 217 g/mol. The third kappa shape index (κ3) is 1.69. The van der Waals surface area contributed by atoms with Crippen molar-refractivity contribution in [3.8, 4) is 0 Å². The van der Waals surface area contributed by atoms with Crippen LogP contribution in [-0.2, 0) is 7.05 Å². The Kier molecular flexibility index (Phi) is 2.70. The molecule has 0 saturated carbocycles. The number of nitrogens with zero attached hydrogens (tertiary/aromatic N) is 4. The quantitative estimate of drug-likeness (QED) is 0.810. The number of rotatable bonds is 2. The maximum atomic E-state index is 6.20. The van der Waals surface area contributed by atoms with Gasteiger partial charge in [0.15, 0.2) is 0 Å². The minimum absolute atomic E-state index is 0.213. The van der Waals surface area contributed by atoms with Gasteiger partial charge in [0.1, 0.15) is 6.33 Å². The fourth-order valence-corrected chi connectivity index (χ4v) is 1.88. The van der Waals surface area contributed by atoms with Crippen molar-refractivity contribution >= 4 is 0 Å². The van der Waals surface area contributed by atoms with E-state index in [9.17, 15) is 0 Å². The summed E-state index contributed by atoms with van der Waals surface area (Å²) < 4.78 is 1.84. The van der Waals surface area contributed by atoms with Crippen molar-refractivity contribution in [2.75, 3.05) is 0 Å². The van der Waals surface area contributed by atoms with E-state index in [2.05, 4.69) is 15.1 Å². The van der Waals surface area contributed by atoms with Crippen LogP contribution in [0.1, 0.15) is 28.6 Å². The first-order valence-corrected chi connectivity index (χ1v) is 5.12. The topological polar surface area (TPSA) is 69.6 Å². The molecule has 16 heavy (non-hydrogen) atoms. The predicted molar refractivity (Wildman–Crippen MR) is 60.7 cm³/mol. The van der Waals surface area contributed by atoms with Crippen LogP contribution in [0.25, 0.3) is 0 Å². The van der Waals surface area contributed by atoms with Gasteiger partial charge in [0.05, 0.1) is 11.7 Å². The second-order valence-electron chi connectivity index (χ2n) is 3.86.